The molecule has 4 rings (SSSR count). The van der Waals surface area contributed by atoms with Gasteiger partial charge in [-0.25, -0.2) is 8.42 Å². The molecule has 1 heterocycles. The van der Waals surface area contributed by atoms with Gasteiger partial charge in [0.05, 0.1) is 46.3 Å². The van der Waals surface area contributed by atoms with E-state index < -0.39 is 33.6 Å². The standard InChI is InChI=1S/C30H30ClF3N6O5S2/c1-4-39(5-2)47(43,44)21-13-10-19(11-14-21)28(42)35-17-26-37-38-29(40(26)24-8-6-7-9-25(24)45-3)46-18-27(41)36-23-16-20(30(32,33)34)12-15-22(23)31/h6-16H,4-5,17-18H2,1-3H3,(H,35,42)(H,36,41). The quantitative estimate of drug-likeness (QED) is 0.170. The Kier molecular flexibility index (Phi) is 11.5. The number of halogens is 4. The maximum absolute atomic E-state index is 13.2. The fourth-order valence-electron chi connectivity index (χ4n) is 4.43. The van der Waals surface area contributed by atoms with Gasteiger partial charge in [0, 0.05) is 18.7 Å². The lowest BCUT2D eigenvalue weighted by molar-refractivity contribution is -0.137. The number of sulfonamides is 1. The van der Waals surface area contributed by atoms with Crippen LogP contribution in [0.5, 0.6) is 5.75 Å². The number of amides is 2. The summed E-state index contributed by atoms with van der Waals surface area (Å²) in [5, 5.41) is 13.7. The Hall–Kier alpha value is -4.12. The van der Waals surface area contributed by atoms with E-state index in [1.807, 2.05) is 0 Å². The highest BCUT2D eigenvalue weighted by molar-refractivity contribution is 7.99. The third-order valence-corrected chi connectivity index (χ3v) is 10.1. The summed E-state index contributed by atoms with van der Waals surface area (Å²) >= 11 is 6.96. The van der Waals surface area contributed by atoms with Gasteiger partial charge in [0.25, 0.3) is 5.91 Å². The van der Waals surface area contributed by atoms with Crippen LogP contribution in [0.2, 0.25) is 5.02 Å². The lowest BCUT2D eigenvalue weighted by Crippen LogP contribution is -2.30. The molecule has 0 unspecified atom stereocenters. The van der Waals surface area contributed by atoms with Crippen molar-refractivity contribution in [1.29, 1.82) is 0 Å². The van der Waals surface area contributed by atoms with Crippen molar-refractivity contribution in [3.05, 3.63) is 88.7 Å². The van der Waals surface area contributed by atoms with Gasteiger partial charge in [-0.3, -0.25) is 14.2 Å². The molecule has 0 bridgehead atoms. The Morgan fingerprint density at radius 1 is 1.02 bits per heavy atom. The summed E-state index contributed by atoms with van der Waals surface area (Å²) in [6.07, 6.45) is -4.62. The van der Waals surface area contributed by atoms with Gasteiger partial charge in [0.2, 0.25) is 15.9 Å². The zero-order valence-electron chi connectivity index (χ0n) is 25.3. The first-order chi connectivity index (χ1) is 22.3. The Labute approximate surface area is 278 Å². The van der Waals surface area contributed by atoms with Crippen LogP contribution in [-0.2, 0) is 27.5 Å². The molecule has 11 nitrogen and oxygen atoms in total. The molecule has 0 spiro atoms. The topological polar surface area (TPSA) is 136 Å². The number of hydrogen-bond acceptors (Lipinski definition) is 8. The van der Waals surface area contributed by atoms with Crippen molar-refractivity contribution >= 4 is 50.9 Å². The van der Waals surface area contributed by atoms with E-state index >= 15 is 0 Å². The number of carbonyl (C=O) groups excluding carboxylic acids is 2. The summed E-state index contributed by atoms with van der Waals surface area (Å²) in [6.45, 7) is 3.98. The number of methoxy groups -OCH3 is 1. The minimum Gasteiger partial charge on any atom is -0.495 e. The van der Waals surface area contributed by atoms with Crippen LogP contribution in [0.15, 0.2) is 76.8 Å². The molecular weight excluding hydrogens is 681 g/mol. The largest absolute Gasteiger partial charge is 0.495 e. The van der Waals surface area contributed by atoms with E-state index in [0.29, 0.717) is 24.5 Å². The van der Waals surface area contributed by atoms with Crippen molar-refractivity contribution in [3.63, 3.8) is 0 Å². The molecule has 0 aliphatic rings. The van der Waals surface area contributed by atoms with Gasteiger partial charge in [-0.1, -0.05) is 49.3 Å². The van der Waals surface area contributed by atoms with Gasteiger partial charge in [-0.2, -0.15) is 17.5 Å². The van der Waals surface area contributed by atoms with Crippen LogP contribution in [0.3, 0.4) is 0 Å². The van der Waals surface area contributed by atoms with Crippen molar-refractivity contribution in [3.8, 4) is 11.4 Å². The maximum Gasteiger partial charge on any atom is 0.416 e. The van der Waals surface area contributed by atoms with E-state index in [1.165, 1.54) is 35.7 Å². The highest BCUT2D eigenvalue weighted by Gasteiger charge is 2.31. The number of para-hydroxylation sites is 2. The van der Waals surface area contributed by atoms with E-state index in [9.17, 15) is 31.2 Å². The Morgan fingerprint density at radius 2 is 1.70 bits per heavy atom. The molecule has 3 aromatic carbocycles. The summed E-state index contributed by atoms with van der Waals surface area (Å²) in [5.41, 5.74) is -0.446. The van der Waals surface area contributed by atoms with E-state index in [1.54, 1.807) is 42.7 Å². The molecule has 17 heteroatoms. The highest BCUT2D eigenvalue weighted by atomic mass is 35.5. The molecule has 0 saturated heterocycles. The van der Waals surface area contributed by atoms with E-state index in [-0.39, 0.29) is 44.4 Å². The molecule has 0 radical (unpaired) electrons. The number of nitrogens with one attached hydrogen (secondary N) is 2. The van der Waals surface area contributed by atoms with Gasteiger partial charge < -0.3 is 15.4 Å². The predicted molar refractivity (Wildman–Crippen MR) is 171 cm³/mol. The maximum atomic E-state index is 13.2. The lowest BCUT2D eigenvalue weighted by Gasteiger charge is -2.18. The minimum absolute atomic E-state index is 0.0632. The number of benzene rings is 3. The van der Waals surface area contributed by atoms with Crippen molar-refractivity contribution < 1.29 is 35.9 Å². The van der Waals surface area contributed by atoms with Gasteiger partial charge in [0.1, 0.15) is 5.75 Å². The smallest absolute Gasteiger partial charge is 0.416 e. The van der Waals surface area contributed by atoms with Crippen LogP contribution >= 0.6 is 23.4 Å². The first kappa shape index (κ1) is 35.7. The van der Waals surface area contributed by atoms with E-state index in [0.717, 1.165) is 30.0 Å². The molecule has 4 aromatic rings. The number of alkyl halides is 3. The number of anilines is 1. The van der Waals surface area contributed by atoms with Crippen LogP contribution in [-0.4, -0.2) is 65.3 Å². The van der Waals surface area contributed by atoms with Crippen LogP contribution in [0, 0.1) is 0 Å². The molecule has 0 aliphatic carbocycles. The second-order valence-corrected chi connectivity index (χ2v) is 13.0. The van der Waals surface area contributed by atoms with Crippen LogP contribution < -0.4 is 15.4 Å². The van der Waals surface area contributed by atoms with Crippen LogP contribution in [0.1, 0.15) is 35.6 Å². The molecule has 250 valence electrons. The average Bonchev–Trinajstić information content (AvgIpc) is 3.46. The van der Waals surface area contributed by atoms with Gasteiger partial charge in [-0.05, 0) is 54.6 Å². The summed E-state index contributed by atoms with van der Waals surface area (Å²) in [7, 11) is -2.23. The number of carbonyl (C=O) groups is 2. The number of rotatable bonds is 13. The van der Waals surface area contributed by atoms with Crippen molar-refractivity contribution in [2.75, 3.05) is 31.3 Å². The molecule has 0 saturated carbocycles. The summed E-state index contributed by atoms with van der Waals surface area (Å²) in [5.74, 6) is -0.709. The first-order valence-corrected chi connectivity index (χ1v) is 16.9. The number of aromatic nitrogens is 3. The van der Waals surface area contributed by atoms with Crippen molar-refractivity contribution in [2.24, 2.45) is 0 Å². The van der Waals surface area contributed by atoms with Crippen LogP contribution in [0.4, 0.5) is 18.9 Å². The SMILES string of the molecule is CCN(CC)S(=O)(=O)c1ccc(C(=O)NCc2nnc(SCC(=O)Nc3cc(C(F)(F)F)ccc3Cl)n2-c2ccccc2OC)cc1. The number of ether oxygens (including phenoxy) is 1. The third kappa shape index (κ3) is 8.43. The summed E-state index contributed by atoms with van der Waals surface area (Å²) in [4.78, 5) is 25.8. The Balaban J connectivity index is 1.52. The molecule has 0 atom stereocenters. The van der Waals surface area contributed by atoms with Crippen molar-refractivity contribution in [2.45, 2.75) is 36.6 Å². The zero-order chi connectivity index (χ0) is 34.4. The molecule has 2 N–H and O–H groups in total. The van der Waals surface area contributed by atoms with E-state index in [4.69, 9.17) is 16.3 Å². The molecule has 47 heavy (non-hydrogen) atoms. The molecule has 0 aliphatic heterocycles. The first-order valence-electron chi connectivity index (χ1n) is 14.1. The normalized spacial score (nSPS) is 11.8. The fourth-order valence-corrected chi connectivity index (χ4v) is 6.82. The fraction of sp³-hybridized carbons (Fsp3) is 0.267. The monoisotopic (exact) mass is 710 g/mol. The molecular formula is C30H30ClF3N6O5S2. The third-order valence-electron chi connectivity index (χ3n) is 6.79. The minimum atomic E-state index is -4.62. The number of nitrogens with zero attached hydrogens (tertiary/aromatic N) is 4. The number of thioether (sulfide) groups is 1. The van der Waals surface area contributed by atoms with Crippen molar-refractivity contribution in [1.82, 2.24) is 24.4 Å². The highest BCUT2D eigenvalue weighted by Crippen LogP contribution is 2.34. The molecule has 2 amide bonds. The second-order valence-electron chi connectivity index (χ2n) is 9.73. The Bertz CT molecular complexity index is 1850. The van der Waals surface area contributed by atoms with E-state index in [2.05, 4.69) is 20.8 Å². The molecule has 1 aromatic heterocycles. The lowest BCUT2D eigenvalue weighted by atomic mass is 10.2. The summed E-state index contributed by atoms with van der Waals surface area (Å²) < 4.78 is 73.4. The Morgan fingerprint density at radius 3 is 2.34 bits per heavy atom. The van der Waals surface area contributed by atoms with Gasteiger partial charge in [-0.15, -0.1) is 10.2 Å². The van der Waals surface area contributed by atoms with Gasteiger partial charge in [0.15, 0.2) is 11.0 Å². The summed E-state index contributed by atoms with van der Waals surface area (Å²) in [6, 6.07) is 15.1. The number of hydrogen-bond donors (Lipinski definition) is 2. The second kappa shape index (κ2) is 15.2. The molecule has 0 fully saturated rings. The zero-order valence-corrected chi connectivity index (χ0v) is 27.7. The van der Waals surface area contributed by atoms with Crippen LogP contribution in [0.25, 0.3) is 5.69 Å². The average molecular weight is 711 g/mol. The predicted octanol–water partition coefficient (Wildman–Crippen LogP) is 5.64. The van der Waals surface area contributed by atoms with Gasteiger partial charge >= 0.3 is 6.18 Å².